The zero-order valence-electron chi connectivity index (χ0n) is 18.8. The van der Waals surface area contributed by atoms with Gasteiger partial charge in [-0.15, -0.1) is 11.3 Å². The molecule has 1 aliphatic rings. The molecule has 1 fully saturated rings. The lowest BCUT2D eigenvalue weighted by Crippen LogP contribution is -2.44. The van der Waals surface area contributed by atoms with E-state index in [1.807, 2.05) is 6.92 Å². The molecule has 2 amide bonds. The fourth-order valence-corrected chi connectivity index (χ4v) is 5.00. The summed E-state index contributed by atoms with van der Waals surface area (Å²) >= 11 is 7.62. The Kier molecular flexibility index (Phi) is 7.98. The fraction of sp³-hybridized carbons (Fsp3) is 0.125. The summed E-state index contributed by atoms with van der Waals surface area (Å²) in [6.07, 6.45) is 1.66. The average molecular weight is 542 g/mol. The van der Waals surface area contributed by atoms with Crippen LogP contribution in [0.5, 0.6) is 11.5 Å². The average Bonchev–Trinajstić information content (AvgIpc) is 3.49. The standard InChI is InChI=1S/C24H19N3O6S3/c1-2-32-19-12-15(8-9-18(19)33-14-16-5-3-6-17(11-16)27(30)31)13-21-23(29)26(24(34)36-21)25-22(28)20-7-4-10-35-20/h3-13H,2,14H2,1H3,(H,25,28)/b21-13+. The first-order chi connectivity index (χ1) is 17.4. The second kappa shape index (κ2) is 11.3. The maximum absolute atomic E-state index is 12.9. The maximum atomic E-state index is 12.9. The Morgan fingerprint density at radius 3 is 2.72 bits per heavy atom. The number of amides is 2. The first kappa shape index (κ1) is 25.4. The van der Waals surface area contributed by atoms with E-state index in [1.165, 1.54) is 23.5 Å². The summed E-state index contributed by atoms with van der Waals surface area (Å²) in [5, 5.41) is 13.8. The molecule has 1 aliphatic heterocycles. The van der Waals surface area contributed by atoms with E-state index in [9.17, 15) is 19.7 Å². The summed E-state index contributed by atoms with van der Waals surface area (Å²) in [6, 6.07) is 14.8. The SMILES string of the molecule is CCOc1cc(/C=C2/SC(=S)N(NC(=O)c3cccs3)C2=O)ccc1OCc1cccc([N+](=O)[O-])c1. The monoisotopic (exact) mass is 541 g/mol. The number of carbonyl (C=O) groups excluding carboxylic acids is 2. The molecule has 184 valence electrons. The van der Waals surface area contributed by atoms with Crippen LogP contribution in [-0.4, -0.2) is 32.7 Å². The Balaban J connectivity index is 1.49. The predicted octanol–water partition coefficient (Wildman–Crippen LogP) is 5.18. The van der Waals surface area contributed by atoms with Crippen molar-refractivity contribution in [2.24, 2.45) is 0 Å². The minimum absolute atomic E-state index is 0.0135. The smallest absolute Gasteiger partial charge is 0.285 e. The summed E-state index contributed by atoms with van der Waals surface area (Å²) < 4.78 is 11.8. The molecule has 1 N–H and O–H groups in total. The molecular weight excluding hydrogens is 522 g/mol. The summed E-state index contributed by atoms with van der Waals surface area (Å²) in [4.78, 5) is 36.6. The van der Waals surface area contributed by atoms with Crippen LogP contribution in [0.1, 0.15) is 27.7 Å². The van der Waals surface area contributed by atoms with E-state index in [4.69, 9.17) is 21.7 Å². The van der Waals surface area contributed by atoms with Gasteiger partial charge < -0.3 is 9.47 Å². The van der Waals surface area contributed by atoms with Crippen molar-refractivity contribution in [2.45, 2.75) is 13.5 Å². The van der Waals surface area contributed by atoms with Crippen molar-refractivity contribution >= 4 is 63.2 Å². The molecule has 12 heteroatoms. The number of carbonyl (C=O) groups is 2. The van der Waals surface area contributed by atoms with Gasteiger partial charge in [0.2, 0.25) is 0 Å². The number of ether oxygens (including phenoxy) is 2. The van der Waals surface area contributed by atoms with Gasteiger partial charge in [0, 0.05) is 12.1 Å². The topological polar surface area (TPSA) is 111 Å². The van der Waals surface area contributed by atoms with Gasteiger partial charge in [-0.1, -0.05) is 36.0 Å². The molecule has 1 saturated heterocycles. The molecule has 2 heterocycles. The molecule has 0 radical (unpaired) electrons. The van der Waals surface area contributed by atoms with Crippen LogP contribution in [0.2, 0.25) is 0 Å². The number of nitro benzene ring substituents is 1. The van der Waals surface area contributed by atoms with E-state index in [2.05, 4.69) is 5.43 Å². The van der Waals surface area contributed by atoms with Crippen molar-refractivity contribution in [3.63, 3.8) is 0 Å². The largest absolute Gasteiger partial charge is 0.490 e. The van der Waals surface area contributed by atoms with Gasteiger partial charge in [0.1, 0.15) is 6.61 Å². The van der Waals surface area contributed by atoms with Gasteiger partial charge in [0.05, 0.1) is 21.3 Å². The van der Waals surface area contributed by atoms with E-state index in [-0.39, 0.29) is 16.6 Å². The van der Waals surface area contributed by atoms with Gasteiger partial charge in [-0.05, 0) is 59.9 Å². The van der Waals surface area contributed by atoms with Gasteiger partial charge in [-0.25, -0.2) is 0 Å². The number of hydrazine groups is 1. The molecule has 0 bridgehead atoms. The van der Waals surface area contributed by atoms with Crippen molar-refractivity contribution in [3.8, 4) is 11.5 Å². The lowest BCUT2D eigenvalue weighted by atomic mass is 10.1. The number of nitro groups is 1. The van der Waals surface area contributed by atoms with E-state index in [0.717, 1.165) is 16.8 Å². The number of thiocarbonyl (C=S) groups is 1. The molecule has 2 aromatic carbocycles. The highest BCUT2D eigenvalue weighted by Gasteiger charge is 2.34. The molecule has 1 aromatic heterocycles. The third-order valence-corrected chi connectivity index (χ3v) is 7.00. The van der Waals surface area contributed by atoms with Gasteiger partial charge in [0.15, 0.2) is 15.8 Å². The quantitative estimate of drug-likeness (QED) is 0.171. The van der Waals surface area contributed by atoms with Gasteiger partial charge in [-0.3, -0.25) is 25.1 Å². The van der Waals surface area contributed by atoms with E-state index < -0.39 is 16.7 Å². The van der Waals surface area contributed by atoms with Crippen LogP contribution in [0.15, 0.2) is 64.9 Å². The maximum Gasteiger partial charge on any atom is 0.285 e. The third-order valence-electron chi connectivity index (χ3n) is 4.83. The van der Waals surface area contributed by atoms with E-state index in [1.54, 1.807) is 53.9 Å². The first-order valence-corrected chi connectivity index (χ1v) is 12.7. The predicted molar refractivity (Wildman–Crippen MR) is 142 cm³/mol. The van der Waals surface area contributed by atoms with E-state index >= 15 is 0 Å². The van der Waals surface area contributed by atoms with Crippen molar-refractivity contribution < 1.29 is 24.0 Å². The third kappa shape index (κ3) is 5.90. The minimum atomic E-state index is -0.458. The number of nitrogens with one attached hydrogen (secondary N) is 1. The molecule has 4 rings (SSSR count). The number of nitrogens with zero attached hydrogens (tertiary/aromatic N) is 2. The molecule has 3 aromatic rings. The molecule has 36 heavy (non-hydrogen) atoms. The van der Waals surface area contributed by atoms with Gasteiger partial charge >= 0.3 is 0 Å². The zero-order valence-corrected chi connectivity index (χ0v) is 21.3. The number of rotatable bonds is 9. The zero-order chi connectivity index (χ0) is 25.7. The Hall–Kier alpha value is -3.74. The number of benzene rings is 2. The molecule has 0 saturated carbocycles. The Morgan fingerprint density at radius 2 is 2.00 bits per heavy atom. The number of hydrogen-bond donors (Lipinski definition) is 1. The Labute approximate surface area is 219 Å². The van der Waals surface area contributed by atoms with Crippen LogP contribution in [0.25, 0.3) is 6.08 Å². The van der Waals surface area contributed by atoms with Crippen LogP contribution < -0.4 is 14.9 Å². The van der Waals surface area contributed by atoms with Gasteiger partial charge in [-0.2, -0.15) is 5.01 Å². The molecular formula is C24H19N3O6S3. The molecule has 0 spiro atoms. The van der Waals surface area contributed by atoms with Crippen molar-refractivity contribution in [2.75, 3.05) is 6.61 Å². The molecule has 9 nitrogen and oxygen atoms in total. The molecule has 0 unspecified atom stereocenters. The Morgan fingerprint density at radius 1 is 1.17 bits per heavy atom. The van der Waals surface area contributed by atoms with Crippen LogP contribution in [0.4, 0.5) is 5.69 Å². The highest BCUT2D eigenvalue weighted by molar-refractivity contribution is 8.26. The van der Waals surface area contributed by atoms with Crippen molar-refractivity contribution in [1.29, 1.82) is 0 Å². The summed E-state index contributed by atoms with van der Waals surface area (Å²) in [5.41, 5.74) is 3.85. The van der Waals surface area contributed by atoms with Crippen LogP contribution in [0.3, 0.4) is 0 Å². The highest BCUT2D eigenvalue weighted by Crippen LogP contribution is 2.34. The number of non-ortho nitro benzene ring substituents is 1. The fourth-order valence-electron chi connectivity index (χ4n) is 3.20. The van der Waals surface area contributed by atoms with Crippen molar-refractivity contribution in [3.05, 3.63) is 91.0 Å². The summed E-state index contributed by atoms with van der Waals surface area (Å²) in [7, 11) is 0. The lowest BCUT2D eigenvalue weighted by molar-refractivity contribution is -0.384. The normalized spacial score (nSPS) is 14.2. The highest BCUT2D eigenvalue weighted by atomic mass is 32.2. The minimum Gasteiger partial charge on any atom is -0.490 e. The first-order valence-electron chi connectivity index (χ1n) is 10.6. The van der Waals surface area contributed by atoms with E-state index in [0.29, 0.717) is 39.0 Å². The number of thiophene rings is 1. The van der Waals surface area contributed by atoms with Crippen molar-refractivity contribution in [1.82, 2.24) is 10.4 Å². The Bertz CT molecular complexity index is 1360. The number of thioether (sulfide) groups is 1. The van der Waals surface area contributed by atoms with Crippen LogP contribution in [-0.2, 0) is 11.4 Å². The van der Waals surface area contributed by atoms with Gasteiger partial charge in [0.25, 0.3) is 17.5 Å². The second-order valence-corrected chi connectivity index (χ2v) is 9.91. The van der Waals surface area contributed by atoms with Crippen LogP contribution >= 0.6 is 35.3 Å². The number of hydrogen-bond acceptors (Lipinski definition) is 9. The summed E-state index contributed by atoms with van der Waals surface area (Å²) in [6.45, 7) is 2.33. The van der Waals surface area contributed by atoms with Crippen LogP contribution in [0, 0.1) is 10.1 Å². The lowest BCUT2D eigenvalue weighted by Gasteiger charge is -2.14. The second-order valence-electron chi connectivity index (χ2n) is 7.29. The molecule has 0 aliphatic carbocycles. The summed E-state index contributed by atoms with van der Waals surface area (Å²) in [5.74, 6) is 0.0692. The molecule has 0 atom stereocenters.